The van der Waals surface area contributed by atoms with Gasteiger partial charge in [0.25, 0.3) is 5.91 Å². The molecule has 0 saturated carbocycles. The summed E-state index contributed by atoms with van der Waals surface area (Å²) in [6, 6.07) is 13.8. The molecule has 3 aromatic rings. The van der Waals surface area contributed by atoms with Crippen molar-refractivity contribution in [3.8, 4) is 0 Å². The van der Waals surface area contributed by atoms with Crippen LogP contribution in [-0.2, 0) is 19.5 Å². The summed E-state index contributed by atoms with van der Waals surface area (Å²) in [7, 11) is 0. The number of carbonyl (C=O) groups excluding carboxylic acids is 1. The van der Waals surface area contributed by atoms with Crippen molar-refractivity contribution in [1.82, 2.24) is 15.1 Å². The van der Waals surface area contributed by atoms with E-state index in [-0.39, 0.29) is 5.91 Å². The van der Waals surface area contributed by atoms with E-state index in [1.165, 1.54) is 18.5 Å². The van der Waals surface area contributed by atoms with E-state index >= 15 is 0 Å². The summed E-state index contributed by atoms with van der Waals surface area (Å²) in [5.74, 6) is -0.0300. The zero-order valence-electron chi connectivity index (χ0n) is 13.0. The van der Waals surface area contributed by atoms with Crippen LogP contribution in [0.25, 0.3) is 10.8 Å². The van der Waals surface area contributed by atoms with Gasteiger partial charge in [0, 0.05) is 29.9 Å². The molecule has 0 fully saturated rings. The van der Waals surface area contributed by atoms with Gasteiger partial charge in [-0.2, -0.15) is 5.10 Å². The Hall–Kier alpha value is -2.62. The summed E-state index contributed by atoms with van der Waals surface area (Å²) in [5.41, 5.74) is 3.14. The molecule has 0 aliphatic carbocycles. The molecule has 1 amide bonds. The normalized spacial score (nSPS) is 13.7. The van der Waals surface area contributed by atoms with Crippen LogP contribution >= 0.6 is 0 Å². The molecule has 1 N–H and O–H groups in total. The number of nitrogens with one attached hydrogen (secondary N) is 1. The summed E-state index contributed by atoms with van der Waals surface area (Å²) >= 11 is 0. The molecule has 1 aliphatic rings. The Labute approximate surface area is 135 Å². The zero-order valence-corrected chi connectivity index (χ0v) is 13.0. The van der Waals surface area contributed by atoms with Crippen molar-refractivity contribution in [3.63, 3.8) is 0 Å². The molecule has 0 radical (unpaired) electrons. The van der Waals surface area contributed by atoms with Gasteiger partial charge in [0.1, 0.15) is 0 Å². The number of hydrogen-bond donors (Lipinski definition) is 1. The average molecular weight is 305 g/mol. The van der Waals surface area contributed by atoms with Crippen molar-refractivity contribution in [2.75, 3.05) is 0 Å². The molecule has 4 heteroatoms. The number of amides is 1. The Morgan fingerprint density at radius 2 is 2.00 bits per heavy atom. The number of hydrogen-bond acceptors (Lipinski definition) is 2. The fraction of sp³-hybridized carbons (Fsp3) is 0.263. The molecule has 116 valence electrons. The van der Waals surface area contributed by atoms with Gasteiger partial charge < -0.3 is 5.32 Å². The second-order valence-electron chi connectivity index (χ2n) is 6.01. The molecule has 2 aromatic carbocycles. The SMILES string of the molecule is O=C(NCc1cnn2c1CCCC2)c1cccc2ccccc12. The average Bonchev–Trinajstić information content (AvgIpc) is 3.02. The highest BCUT2D eigenvalue weighted by Gasteiger charge is 2.16. The summed E-state index contributed by atoms with van der Waals surface area (Å²) in [5, 5.41) is 9.55. The highest BCUT2D eigenvalue weighted by Crippen LogP contribution is 2.20. The summed E-state index contributed by atoms with van der Waals surface area (Å²) in [6.45, 7) is 1.53. The van der Waals surface area contributed by atoms with Crippen LogP contribution in [0.2, 0.25) is 0 Å². The van der Waals surface area contributed by atoms with Crippen molar-refractivity contribution in [3.05, 3.63) is 65.5 Å². The number of fused-ring (bicyclic) bond motifs is 2. The van der Waals surface area contributed by atoms with Gasteiger partial charge in [-0.1, -0.05) is 36.4 Å². The number of rotatable bonds is 3. The monoisotopic (exact) mass is 305 g/mol. The molecule has 0 spiro atoms. The van der Waals surface area contributed by atoms with Gasteiger partial charge in [0.15, 0.2) is 0 Å². The number of benzene rings is 2. The molecule has 4 rings (SSSR count). The van der Waals surface area contributed by atoms with Crippen LogP contribution in [0.4, 0.5) is 0 Å². The standard InChI is InChI=1S/C19H19N3O/c23-19(17-9-5-7-14-6-1-2-8-16(14)17)20-12-15-13-21-22-11-4-3-10-18(15)22/h1-2,5-9,13H,3-4,10-12H2,(H,20,23). The Balaban J connectivity index is 1.55. The number of carbonyl (C=O) groups is 1. The van der Waals surface area contributed by atoms with Crippen molar-refractivity contribution < 1.29 is 4.79 Å². The number of aromatic nitrogens is 2. The highest BCUT2D eigenvalue weighted by atomic mass is 16.1. The maximum Gasteiger partial charge on any atom is 0.252 e. The van der Waals surface area contributed by atoms with Crippen LogP contribution in [0.1, 0.15) is 34.5 Å². The van der Waals surface area contributed by atoms with E-state index < -0.39 is 0 Å². The largest absolute Gasteiger partial charge is 0.348 e. The highest BCUT2D eigenvalue weighted by molar-refractivity contribution is 6.06. The molecule has 0 bridgehead atoms. The molecule has 1 aromatic heterocycles. The van der Waals surface area contributed by atoms with Crippen LogP contribution in [0.5, 0.6) is 0 Å². The van der Waals surface area contributed by atoms with Crippen LogP contribution < -0.4 is 5.32 Å². The van der Waals surface area contributed by atoms with E-state index in [2.05, 4.69) is 15.1 Å². The van der Waals surface area contributed by atoms with E-state index in [1.54, 1.807) is 0 Å². The van der Waals surface area contributed by atoms with E-state index in [0.29, 0.717) is 6.54 Å². The molecule has 23 heavy (non-hydrogen) atoms. The molecular formula is C19H19N3O. The molecule has 0 saturated heterocycles. The van der Waals surface area contributed by atoms with Gasteiger partial charge in [-0.3, -0.25) is 9.48 Å². The number of aryl methyl sites for hydroxylation is 1. The fourth-order valence-corrected chi connectivity index (χ4v) is 3.33. The van der Waals surface area contributed by atoms with Crippen molar-refractivity contribution in [2.45, 2.75) is 32.4 Å². The first-order valence-corrected chi connectivity index (χ1v) is 8.12. The summed E-state index contributed by atoms with van der Waals surface area (Å²) < 4.78 is 2.07. The predicted molar refractivity (Wildman–Crippen MR) is 90.3 cm³/mol. The van der Waals surface area contributed by atoms with Gasteiger partial charge in [0.05, 0.1) is 6.20 Å². The Bertz CT molecular complexity index is 861. The molecule has 4 nitrogen and oxygen atoms in total. The second-order valence-corrected chi connectivity index (χ2v) is 6.01. The molecule has 0 atom stereocenters. The van der Waals surface area contributed by atoms with Crippen molar-refractivity contribution in [2.24, 2.45) is 0 Å². The smallest absolute Gasteiger partial charge is 0.252 e. The first-order valence-electron chi connectivity index (χ1n) is 8.12. The quantitative estimate of drug-likeness (QED) is 0.807. The van der Waals surface area contributed by atoms with Gasteiger partial charge in [-0.15, -0.1) is 0 Å². The predicted octanol–water partition coefficient (Wildman–Crippen LogP) is 3.30. The van der Waals surface area contributed by atoms with Crippen molar-refractivity contribution in [1.29, 1.82) is 0 Å². The van der Waals surface area contributed by atoms with E-state index in [1.807, 2.05) is 48.7 Å². The van der Waals surface area contributed by atoms with Crippen molar-refractivity contribution >= 4 is 16.7 Å². The first-order chi connectivity index (χ1) is 11.3. The van der Waals surface area contributed by atoms with Gasteiger partial charge >= 0.3 is 0 Å². The van der Waals surface area contributed by atoms with Gasteiger partial charge in [-0.25, -0.2) is 0 Å². The molecule has 0 unspecified atom stereocenters. The van der Waals surface area contributed by atoms with Gasteiger partial charge in [0.2, 0.25) is 0 Å². The third kappa shape index (κ3) is 2.61. The third-order valence-electron chi connectivity index (χ3n) is 4.54. The van der Waals surface area contributed by atoms with E-state index in [0.717, 1.165) is 34.9 Å². The lowest BCUT2D eigenvalue weighted by molar-refractivity contribution is 0.0952. The maximum absolute atomic E-state index is 12.6. The zero-order chi connectivity index (χ0) is 15.6. The lowest BCUT2D eigenvalue weighted by Gasteiger charge is -2.15. The maximum atomic E-state index is 12.6. The Morgan fingerprint density at radius 1 is 1.13 bits per heavy atom. The lowest BCUT2D eigenvalue weighted by Crippen LogP contribution is -2.24. The van der Waals surface area contributed by atoms with Gasteiger partial charge in [-0.05, 0) is 36.1 Å². The summed E-state index contributed by atoms with van der Waals surface area (Å²) in [6.07, 6.45) is 5.34. The van der Waals surface area contributed by atoms with E-state index in [4.69, 9.17) is 0 Å². The van der Waals surface area contributed by atoms with Crippen LogP contribution in [-0.4, -0.2) is 15.7 Å². The first kappa shape index (κ1) is 14.0. The minimum atomic E-state index is -0.0300. The summed E-state index contributed by atoms with van der Waals surface area (Å²) in [4.78, 5) is 12.6. The molecule has 1 aliphatic heterocycles. The van der Waals surface area contributed by atoms with Crippen LogP contribution in [0.15, 0.2) is 48.7 Å². The second kappa shape index (κ2) is 5.88. The molecule has 2 heterocycles. The molecular weight excluding hydrogens is 286 g/mol. The minimum Gasteiger partial charge on any atom is -0.348 e. The van der Waals surface area contributed by atoms with Crippen LogP contribution in [0, 0.1) is 0 Å². The Kier molecular flexibility index (Phi) is 3.58. The fourth-order valence-electron chi connectivity index (χ4n) is 3.33. The topological polar surface area (TPSA) is 46.9 Å². The van der Waals surface area contributed by atoms with E-state index in [9.17, 15) is 4.79 Å². The van der Waals surface area contributed by atoms with Crippen LogP contribution in [0.3, 0.4) is 0 Å². The Morgan fingerprint density at radius 3 is 2.96 bits per heavy atom. The number of nitrogens with zero attached hydrogens (tertiary/aromatic N) is 2. The lowest BCUT2D eigenvalue weighted by atomic mass is 10.0. The minimum absolute atomic E-state index is 0.0300. The third-order valence-corrected chi connectivity index (χ3v) is 4.54.